The van der Waals surface area contributed by atoms with Crippen molar-refractivity contribution in [2.75, 3.05) is 0 Å². The number of fused-ring (bicyclic) bond motifs is 1. The summed E-state index contributed by atoms with van der Waals surface area (Å²) in [5.74, 6) is -0.482. The molecule has 0 saturated carbocycles. The number of aromatic carboxylic acids is 1. The molecule has 2 aromatic rings. The molecular weight excluding hydrogens is 328 g/mol. The Bertz CT molecular complexity index is 754. The average molecular weight is 352 g/mol. The number of carbonyl (C=O) groups is 2. The number of ketones is 1. The summed E-state index contributed by atoms with van der Waals surface area (Å²) in [6.07, 6.45) is 4.09. The van der Waals surface area contributed by atoms with Crippen LogP contribution in [0.2, 0.25) is 0 Å². The predicted molar refractivity (Wildman–Crippen MR) is 99.5 cm³/mol. The highest BCUT2D eigenvalue weighted by atomic mass is 16.4. The molecule has 0 heterocycles. The molecule has 4 nitrogen and oxygen atoms in total. The number of aliphatic hydroxyl groups is 1. The molecule has 0 aromatic heterocycles. The van der Waals surface area contributed by atoms with Gasteiger partial charge in [-0.1, -0.05) is 36.4 Å². The van der Waals surface area contributed by atoms with Gasteiger partial charge in [0.05, 0.1) is 11.7 Å². The minimum atomic E-state index is -1.01. The normalized spacial score (nSPS) is 14.8. The van der Waals surface area contributed by atoms with Crippen molar-refractivity contribution >= 4 is 11.8 Å². The number of Topliss-reactive ketones (excluding diaryl/α,β-unsaturated/α-hetero) is 1. The number of rotatable bonds is 8. The number of aliphatic hydroxyl groups excluding tert-OH is 1. The Hall–Kier alpha value is -2.46. The van der Waals surface area contributed by atoms with Crippen molar-refractivity contribution in [3.63, 3.8) is 0 Å². The van der Waals surface area contributed by atoms with Gasteiger partial charge in [-0.3, -0.25) is 4.79 Å². The van der Waals surface area contributed by atoms with Crippen molar-refractivity contribution < 1.29 is 19.8 Å². The SMILES string of the molecule is O=C(O)c1ccc(C(=O)CC[C@@H](O)CCC2Cc3ccccc3C2)cc1. The number of benzene rings is 2. The van der Waals surface area contributed by atoms with Gasteiger partial charge in [-0.15, -0.1) is 0 Å². The zero-order chi connectivity index (χ0) is 18.5. The maximum absolute atomic E-state index is 12.2. The van der Waals surface area contributed by atoms with E-state index in [0.29, 0.717) is 24.3 Å². The van der Waals surface area contributed by atoms with E-state index in [-0.39, 0.29) is 17.8 Å². The van der Waals surface area contributed by atoms with Gasteiger partial charge in [0.1, 0.15) is 0 Å². The van der Waals surface area contributed by atoms with Crippen molar-refractivity contribution in [1.29, 1.82) is 0 Å². The lowest BCUT2D eigenvalue weighted by Crippen LogP contribution is -2.12. The van der Waals surface area contributed by atoms with Crippen LogP contribution in [0.25, 0.3) is 0 Å². The van der Waals surface area contributed by atoms with Gasteiger partial charge in [0, 0.05) is 12.0 Å². The van der Waals surface area contributed by atoms with E-state index in [9.17, 15) is 14.7 Å². The summed E-state index contributed by atoms with van der Waals surface area (Å²) in [6.45, 7) is 0. The third-order valence-corrected chi connectivity index (χ3v) is 5.20. The second-order valence-electron chi connectivity index (χ2n) is 7.12. The van der Waals surface area contributed by atoms with Crippen LogP contribution in [-0.2, 0) is 12.8 Å². The summed E-state index contributed by atoms with van der Waals surface area (Å²) in [5.41, 5.74) is 3.51. The quantitative estimate of drug-likeness (QED) is 0.707. The molecule has 4 heteroatoms. The van der Waals surface area contributed by atoms with E-state index in [0.717, 1.165) is 19.3 Å². The van der Waals surface area contributed by atoms with Crippen LogP contribution in [0, 0.1) is 5.92 Å². The van der Waals surface area contributed by atoms with E-state index in [1.807, 2.05) is 0 Å². The van der Waals surface area contributed by atoms with Crippen LogP contribution in [-0.4, -0.2) is 28.1 Å². The first kappa shape index (κ1) is 18.3. The van der Waals surface area contributed by atoms with Crippen LogP contribution in [0.15, 0.2) is 48.5 Å². The van der Waals surface area contributed by atoms with Crippen molar-refractivity contribution in [3.8, 4) is 0 Å². The Morgan fingerprint density at radius 1 is 0.923 bits per heavy atom. The molecule has 0 amide bonds. The first-order valence-corrected chi connectivity index (χ1v) is 9.14. The van der Waals surface area contributed by atoms with Crippen LogP contribution >= 0.6 is 0 Å². The molecule has 0 unspecified atom stereocenters. The lowest BCUT2D eigenvalue weighted by Gasteiger charge is -2.13. The lowest BCUT2D eigenvalue weighted by atomic mass is 9.95. The number of hydrogen-bond donors (Lipinski definition) is 2. The summed E-state index contributed by atoms with van der Waals surface area (Å²) in [7, 11) is 0. The van der Waals surface area contributed by atoms with Gasteiger partial charge < -0.3 is 10.2 Å². The van der Waals surface area contributed by atoms with Gasteiger partial charge in [0.25, 0.3) is 0 Å². The number of carbonyl (C=O) groups excluding carboxylic acids is 1. The molecule has 0 aliphatic heterocycles. The Labute approximate surface area is 153 Å². The zero-order valence-corrected chi connectivity index (χ0v) is 14.7. The molecule has 2 N–H and O–H groups in total. The Morgan fingerprint density at radius 2 is 1.50 bits per heavy atom. The number of hydrogen-bond acceptors (Lipinski definition) is 3. The highest BCUT2D eigenvalue weighted by Crippen LogP contribution is 2.30. The van der Waals surface area contributed by atoms with Gasteiger partial charge in [-0.25, -0.2) is 4.79 Å². The van der Waals surface area contributed by atoms with E-state index in [2.05, 4.69) is 24.3 Å². The van der Waals surface area contributed by atoms with Crippen LogP contribution in [0.5, 0.6) is 0 Å². The molecule has 26 heavy (non-hydrogen) atoms. The largest absolute Gasteiger partial charge is 0.478 e. The molecule has 0 bridgehead atoms. The number of carboxylic acids is 1. The molecule has 0 spiro atoms. The van der Waals surface area contributed by atoms with Crippen LogP contribution in [0.4, 0.5) is 0 Å². The van der Waals surface area contributed by atoms with Gasteiger partial charge in [-0.05, 0) is 61.3 Å². The highest BCUT2D eigenvalue weighted by molar-refractivity contribution is 5.97. The number of carboxylic acid groups (broad SMARTS) is 1. The van der Waals surface area contributed by atoms with E-state index in [4.69, 9.17) is 5.11 Å². The fourth-order valence-corrected chi connectivity index (χ4v) is 3.67. The maximum Gasteiger partial charge on any atom is 0.335 e. The highest BCUT2D eigenvalue weighted by Gasteiger charge is 2.21. The van der Waals surface area contributed by atoms with Gasteiger partial charge >= 0.3 is 5.97 Å². The predicted octanol–water partition coefficient (Wildman–Crippen LogP) is 3.90. The standard InChI is InChI=1S/C22H24O4/c23-20(10-5-15-13-18-3-1-2-4-19(18)14-15)11-12-21(24)16-6-8-17(9-7-16)22(25)26/h1-4,6-9,15,20,23H,5,10-14H2,(H,25,26)/t20-/m0/s1. The zero-order valence-electron chi connectivity index (χ0n) is 14.7. The molecule has 0 fully saturated rings. The van der Waals surface area contributed by atoms with Crippen LogP contribution in [0.1, 0.15) is 57.5 Å². The Balaban J connectivity index is 1.41. The van der Waals surface area contributed by atoms with E-state index < -0.39 is 12.1 Å². The molecule has 1 aliphatic carbocycles. The summed E-state index contributed by atoms with van der Waals surface area (Å²) < 4.78 is 0. The van der Waals surface area contributed by atoms with Crippen LogP contribution in [0.3, 0.4) is 0 Å². The second-order valence-corrected chi connectivity index (χ2v) is 7.12. The minimum Gasteiger partial charge on any atom is -0.478 e. The lowest BCUT2D eigenvalue weighted by molar-refractivity contribution is 0.0696. The van der Waals surface area contributed by atoms with E-state index in [1.165, 1.54) is 35.4 Å². The third kappa shape index (κ3) is 4.58. The summed E-state index contributed by atoms with van der Waals surface area (Å²) in [4.78, 5) is 23.0. The molecular formula is C22H24O4. The summed E-state index contributed by atoms with van der Waals surface area (Å²) >= 11 is 0. The van der Waals surface area contributed by atoms with Crippen molar-refractivity contribution in [2.24, 2.45) is 5.92 Å². The molecule has 0 saturated heterocycles. The topological polar surface area (TPSA) is 74.6 Å². The Kier molecular flexibility index (Phi) is 5.84. The fourth-order valence-electron chi connectivity index (χ4n) is 3.67. The Morgan fingerprint density at radius 3 is 2.08 bits per heavy atom. The average Bonchev–Trinajstić information content (AvgIpc) is 3.07. The first-order chi connectivity index (χ1) is 12.5. The van der Waals surface area contributed by atoms with Crippen molar-refractivity contribution in [3.05, 3.63) is 70.8 Å². The minimum absolute atomic E-state index is 0.0609. The second kappa shape index (κ2) is 8.28. The van der Waals surface area contributed by atoms with Crippen LogP contribution < -0.4 is 0 Å². The third-order valence-electron chi connectivity index (χ3n) is 5.20. The van der Waals surface area contributed by atoms with E-state index in [1.54, 1.807) is 0 Å². The molecule has 3 rings (SSSR count). The smallest absolute Gasteiger partial charge is 0.335 e. The molecule has 136 valence electrons. The van der Waals surface area contributed by atoms with Crippen molar-refractivity contribution in [2.45, 2.75) is 44.6 Å². The summed E-state index contributed by atoms with van der Waals surface area (Å²) in [6, 6.07) is 14.4. The first-order valence-electron chi connectivity index (χ1n) is 9.14. The molecule has 0 radical (unpaired) electrons. The molecule has 2 aromatic carbocycles. The molecule has 1 aliphatic rings. The van der Waals surface area contributed by atoms with E-state index >= 15 is 0 Å². The van der Waals surface area contributed by atoms with Gasteiger partial charge in [0.2, 0.25) is 0 Å². The van der Waals surface area contributed by atoms with Gasteiger partial charge in [0.15, 0.2) is 5.78 Å². The van der Waals surface area contributed by atoms with Crippen molar-refractivity contribution in [1.82, 2.24) is 0 Å². The summed E-state index contributed by atoms with van der Waals surface area (Å²) in [5, 5.41) is 19.1. The van der Waals surface area contributed by atoms with Gasteiger partial charge in [-0.2, -0.15) is 0 Å². The maximum atomic E-state index is 12.2. The fraction of sp³-hybridized carbons (Fsp3) is 0.364. The molecule has 1 atom stereocenters. The monoisotopic (exact) mass is 352 g/mol.